The first kappa shape index (κ1) is 19.6. The van der Waals surface area contributed by atoms with Gasteiger partial charge in [-0.25, -0.2) is 0 Å². The van der Waals surface area contributed by atoms with Gasteiger partial charge in [0.05, 0.1) is 6.26 Å². The molecule has 2 aliphatic rings. The third-order valence-electron chi connectivity index (χ3n) is 6.14. The first-order valence-corrected chi connectivity index (χ1v) is 10.5. The van der Waals surface area contributed by atoms with Gasteiger partial charge in [0.15, 0.2) is 0 Å². The van der Waals surface area contributed by atoms with E-state index in [0.29, 0.717) is 32.2 Å². The predicted molar refractivity (Wildman–Crippen MR) is 112 cm³/mol. The molecule has 0 aliphatic carbocycles. The van der Waals surface area contributed by atoms with Crippen LogP contribution in [0.15, 0.2) is 41.0 Å². The van der Waals surface area contributed by atoms with Gasteiger partial charge in [-0.2, -0.15) is 0 Å². The molecule has 1 aromatic carbocycles. The van der Waals surface area contributed by atoms with Crippen molar-refractivity contribution in [1.82, 2.24) is 10.6 Å². The van der Waals surface area contributed by atoms with E-state index < -0.39 is 0 Å². The quantitative estimate of drug-likeness (QED) is 0.756. The summed E-state index contributed by atoms with van der Waals surface area (Å²) in [5, 5.41) is 6.13. The third kappa shape index (κ3) is 4.63. The standard InChI is InChI=1S/C23H29N3O3/c1-26-12-2-4-18-14-17(6-7-20(18)26)16-24-21(27)8-10-23(11-9-22(28)25-23)15-19-5-3-13-29-19/h3,5-7,13-14H,2,4,8-12,15-16H2,1H3,(H,24,27)(H,25,28). The number of furan rings is 1. The number of fused-ring (bicyclic) bond motifs is 1. The highest BCUT2D eigenvalue weighted by molar-refractivity contribution is 5.80. The van der Waals surface area contributed by atoms with Crippen molar-refractivity contribution < 1.29 is 14.0 Å². The normalized spacial score (nSPS) is 21.0. The van der Waals surface area contributed by atoms with E-state index in [1.165, 1.54) is 17.7 Å². The van der Waals surface area contributed by atoms with Crippen molar-refractivity contribution in [3.8, 4) is 0 Å². The van der Waals surface area contributed by atoms with Gasteiger partial charge in [-0.05, 0) is 55.0 Å². The first-order chi connectivity index (χ1) is 14.0. The number of amides is 2. The topological polar surface area (TPSA) is 74.6 Å². The Hall–Kier alpha value is -2.76. The molecule has 1 fully saturated rings. The van der Waals surface area contributed by atoms with Crippen molar-refractivity contribution in [3.05, 3.63) is 53.5 Å². The summed E-state index contributed by atoms with van der Waals surface area (Å²) in [4.78, 5) is 26.6. The van der Waals surface area contributed by atoms with Crippen LogP contribution in [-0.2, 0) is 29.0 Å². The van der Waals surface area contributed by atoms with Crippen LogP contribution in [0.25, 0.3) is 0 Å². The molecule has 0 bridgehead atoms. The zero-order valence-electron chi connectivity index (χ0n) is 17.0. The van der Waals surface area contributed by atoms with E-state index in [-0.39, 0.29) is 17.4 Å². The Kier molecular flexibility index (Phi) is 5.60. The zero-order valence-corrected chi connectivity index (χ0v) is 17.0. The molecule has 6 heteroatoms. The van der Waals surface area contributed by atoms with Crippen LogP contribution in [0.4, 0.5) is 5.69 Å². The molecule has 2 N–H and O–H groups in total. The number of hydrogen-bond acceptors (Lipinski definition) is 4. The maximum Gasteiger partial charge on any atom is 0.220 e. The highest BCUT2D eigenvalue weighted by Crippen LogP contribution is 2.30. The second-order valence-corrected chi connectivity index (χ2v) is 8.35. The summed E-state index contributed by atoms with van der Waals surface area (Å²) >= 11 is 0. The second kappa shape index (κ2) is 8.31. The predicted octanol–water partition coefficient (Wildman–Crippen LogP) is 2.95. The van der Waals surface area contributed by atoms with E-state index in [4.69, 9.17) is 4.42 Å². The minimum atomic E-state index is -0.386. The average Bonchev–Trinajstić information content (AvgIpc) is 3.35. The van der Waals surface area contributed by atoms with Crippen LogP contribution >= 0.6 is 0 Å². The van der Waals surface area contributed by atoms with Gasteiger partial charge < -0.3 is 20.0 Å². The second-order valence-electron chi connectivity index (χ2n) is 8.35. The SMILES string of the molecule is CN1CCCc2cc(CNC(=O)CCC3(Cc4ccco4)CCC(=O)N3)ccc21. The molecule has 0 radical (unpaired) electrons. The fourth-order valence-corrected chi connectivity index (χ4v) is 4.52. The minimum absolute atomic E-state index is 0.0137. The summed E-state index contributed by atoms with van der Waals surface area (Å²) in [6.45, 7) is 1.63. The van der Waals surface area contributed by atoms with E-state index >= 15 is 0 Å². The highest BCUT2D eigenvalue weighted by atomic mass is 16.3. The summed E-state index contributed by atoms with van der Waals surface area (Å²) in [6.07, 6.45) is 6.76. The van der Waals surface area contributed by atoms with Gasteiger partial charge in [0.1, 0.15) is 5.76 Å². The fraction of sp³-hybridized carbons (Fsp3) is 0.478. The molecule has 29 heavy (non-hydrogen) atoms. The summed E-state index contributed by atoms with van der Waals surface area (Å²) in [6, 6.07) is 10.2. The fourth-order valence-electron chi connectivity index (χ4n) is 4.52. The molecule has 1 saturated heterocycles. The van der Waals surface area contributed by atoms with Gasteiger partial charge in [0.25, 0.3) is 0 Å². The van der Waals surface area contributed by atoms with Crippen molar-refractivity contribution in [2.45, 2.75) is 57.0 Å². The van der Waals surface area contributed by atoms with E-state index in [0.717, 1.165) is 30.7 Å². The number of anilines is 1. The van der Waals surface area contributed by atoms with E-state index in [9.17, 15) is 9.59 Å². The molecule has 1 atom stereocenters. The number of benzene rings is 1. The Morgan fingerprint density at radius 2 is 2.21 bits per heavy atom. The Morgan fingerprint density at radius 3 is 2.97 bits per heavy atom. The van der Waals surface area contributed by atoms with Gasteiger partial charge in [-0.1, -0.05) is 12.1 Å². The van der Waals surface area contributed by atoms with E-state index in [1.807, 2.05) is 12.1 Å². The van der Waals surface area contributed by atoms with Crippen molar-refractivity contribution in [2.75, 3.05) is 18.5 Å². The minimum Gasteiger partial charge on any atom is -0.469 e. The monoisotopic (exact) mass is 395 g/mol. The lowest BCUT2D eigenvalue weighted by Crippen LogP contribution is -2.44. The van der Waals surface area contributed by atoms with Crippen molar-refractivity contribution in [1.29, 1.82) is 0 Å². The van der Waals surface area contributed by atoms with Crippen molar-refractivity contribution in [3.63, 3.8) is 0 Å². The molecular formula is C23H29N3O3. The molecule has 154 valence electrons. The maximum atomic E-state index is 12.5. The molecule has 2 amide bonds. The van der Waals surface area contributed by atoms with Crippen LogP contribution < -0.4 is 15.5 Å². The average molecular weight is 396 g/mol. The van der Waals surface area contributed by atoms with Crippen LogP contribution in [0.1, 0.15) is 49.0 Å². The Balaban J connectivity index is 1.31. The van der Waals surface area contributed by atoms with Gasteiger partial charge in [-0.3, -0.25) is 9.59 Å². The molecule has 1 unspecified atom stereocenters. The number of nitrogens with zero attached hydrogens (tertiary/aromatic N) is 1. The van der Waals surface area contributed by atoms with Crippen LogP contribution in [0.2, 0.25) is 0 Å². The Bertz CT molecular complexity index is 877. The lowest BCUT2D eigenvalue weighted by atomic mass is 9.87. The number of aryl methyl sites for hydroxylation is 1. The van der Waals surface area contributed by atoms with Crippen molar-refractivity contribution in [2.24, 2.45) is 0 Å². The largest absolute Gasteiger partial charge is 0.469 e. The smallest absolute Gasteiger partial charge is 0.220 e. The molecule has 0 saturated carbocycles. The number of rotatable bonds is 7. The molecule has 2 aromatic rings. The Morgan fingerprint density at radius 1 is 1.31 bits per heavy atom. The van der Waals surface area contributed by atoms with Gasteiger partial charge in [-0.15, -0.1) is 0 Å². The summed E-state index contributed by atoms with van der Waals surface area (Å²) in [7, 11) is 2.12. The molecule has 4 rings (SSSR count). The van der Waals surface area contributed by atoms with Crippen LogP contribution in [0.5, 0.6) is 0 Å². The molecular weight excluding hydrogens is 366 g/mol. The number of carbonyl (C=O) groups is 2. The van der Waals surface area contributed by atoms with Crippen LogP contribution in [-0.4, -0.2) is 30.9 Å². The Labute approximate surface area is 171 Å². The molecule has 1 aromatic heterocycles. The molecule has 0 spiro atoms. The van der Waals surface area contributed by atoms with Crippen LogP contribution in [0.3, 0.4) is 0 Å². The highest BCUT2D eigenvalue weighted by Gasteiger charge is 2.38. The van der Waals surface area contributed by atoms with Gasteiger partial charge in [0, 0.05) is 50.6 Å². The third-order valence-corrected chi connectivity index (χ3v) is 6.14. The van der Waals surface area contributed by atoms with Gasteiger partial charge in [0.2, 0.25) is 11.8 Å². The zero-order chi connectivity index (χ0) is 20.3. The van der Waals surface area contributed by atoms with Crippen molar-refractivity contribution >= 4 is 17.5 Å². The summed E-state index contributed by atoms with van der Waals surface area (Å²) in [5.41, 5.74) is 3.40. The number of nitrogens with one attached hydrogen (secondary N) is 2. The maximum absolute atomic E-state index is 12.5. The molecule has 6 nitrogen and oxygen atoms in total. The van der Waals surface area contributed by atoms with Gasteiger partial charge >= 0.3 is 0 Å². The number of hydrogen-bond donors (Lipinski definition) is 2. The summed E-state index contributed by atoms with van der Waals surface area (Å²) < 4.78 is 5.47. The lowest BCUT2D eigenvalue weighted by molar-refractivity contribution is -0.122. The summed E-state index contributed by atoms with van der Waals surface area (Å²) in [5.74, 6) is 0.905. The molecule has 3 heterocycles. The van der Waals surface area contributed by atoms with E-state index in [2.05, 4.69) is 40.8 Å². The lowest BCUT2D eigenvalue weighted by Gasteiger charge is -2.28. The first-order valence-electron chi connectivity index (χ1n) is 10.5. The van der Waals surface area contributed by atoms with E-state index in [1.54, 1.807) is 6.26 Å². The van der Waals surface area contributed by atoms with Crippen LogP contribution in [0, 0.1) is 0 Å². The number of carbonyl (C=O) groups excluding carboxylic acids is 2. The molecule has 2 aliphatic heterocycles.